The monoisotopic (exact) mass is 353 g/mol. The standard InChI is InChI=1S/C20H23N3O3/c1-14-12-16(7-10-18(14)23-11-3-4-19(23)24)22-20(25)21-13-15-5-8-17(26-2)9-6-15/h5-10,12H,3-4,11,13H2,1-2H3,(H2,21,22,25). The molecule has 0 bridgehead atoms. The molecule has 0 saturated carbocycles. The number of urea groups is 1. The zero-order valence-corrected chi connectivity index (χ0v) is 15.0. The molecule has 2 aromatic carbocycles. The summed E-state index contributed by atoms with van der Waals surface area (Å²) in [6.07, 6.45) is 1.50. The molecule has 0 atom stereocenters. The van der Waals surface area contributed by atoms with E-state index in [1.807, 2.05) is 54.3 Å². The third-order valence-electron chi connectivity index (χ3n) is 4.43. The second kappa shape index (κ2) is 7.91. The van der Waals surface area contributed by atoms with E-state index in [0.717, 1.165) is 35.5 Å². The number of rotatable bonds is 5. The van der Waals surface area contributed by atoms with Gasteiger partial charge in [0.05, 0.1) is 7.11 Å². The molecule has 3 rings (SSSR count). The quantitative estimate of drug-likeness (QED) is 0.865. The number of hydrogen-bond acceptors (Lipinski definition) is 3. The lowest BCUT2D eigenvalue weighted by molar-refractivity contribution is -0.117. The lowest BCUT2D eigenvalue weighted by atomic mass is 10.1. The molecule has 0 aromatic heterocycles. The first-order valence-electron chi connectivity index (χ1n) is 8.65. The van der Waals surface area contributed by atoms with Crippen LogP contribution in [0.1, 0.15) is 24.0 Å². The van der Waals surface area contributed by atoms with E-state index in [1.54, 1.807) is 7.11 Å². The Morgan fingerprint density at radius 2 is 1.96 bits per heavy atom. The Labute approximate surface area is 153 Å². The fourth-order valence-electron chi connectivity index (χ4n) is 3.04. The molecular weight excluding hydrogens is 330 g/mol. The Kier molecular flexibility index (Phi) is 5.41. The van der Waals surface area contributed by atoms with Crippen LogP contribution in [-0.4, -0.2) is 25.6 Å². The van der Waals surface area contributed by atoms with E-state index in [9.17, 15) is 9.59 Å². The van der Waals surface area contributed by atoms with Crippen molar-refractivity contribution in [3.63, 3.8) is 0 Å². The molecule has 6 heteroatoms. The molecule has 2 aromatic rings. The molecule has 1 heterocycles. The summed E-state index contributed by atoms with van der Waals surface area (Å²) < 4.78 is 5.11. The van der Waals surface area contributed by atoms with Crippen molar-refractivity contribution in [1.29, 1.82) is 0 Å². The molecule has 1 aliphatic heterocycles. The van der Waals surface area contributed by atoms with Crippen LogP contribution in [0.3, 0.4) is 0 Å². The Balaban J connectivity index is 1.57. The maximum absolute atomic E-state index is 12.1. The zero-order chi connectivity index (χ0) is 18.5. The lowest BCUT2D eigenvalue weighted by Gasteiger charge is -2.19. The number of nitrogens with zero attached hydrogens (tertiary/aromatic N) is 1. The van der Waals surface area contributed by atoms with Gasteiger partial charge in [0.1, 0.15) is 5.75 Å². The molecule has 3 amide bonds. The van der Waals surface area contributed by atoms with Gasteiger partial charge in [0.15, 0.2) is 0 Å². The first-order valence-corrected chi connectivity index (χ1v) is 8.65. The van der Waals surface area contributed by atoms with E-state index in [-0.39, 0.29) is 11.9 Å². The molecule has 0 radical (unpaired) electrons. The minimum atomic E-state index is -0.273. The summed E-state index contributed by atoms with van der Waals surface area (Å²) in [6, 6.07) is 12.8. The summed E-state index contributed by atoms with van der Waals surface area (Å²) >= 11 is 0. The van der Waals surface area contributed by atoms with E-state index in [4.69, 9.17) is 4.74 Å². The van der Waals surface area contributed by atoms with Crippen LogP contribution in [0.25, 0.3) is 0 Å². The first kappa shape index (κ1) is 17.8. The second-order valence-corrected chi connectivity index (χ2v) is 6.31. The van der Waals surface area contributed by atoms with Gasteiger partial charge in [0, 0.05) is 30.9 Å². The smallest absolute Gasteiger partial charge is 0.319 e. The number of hydrogen-bond donors (Lipinski definition) is 2. The fraction of sp³-hybridized carbons (Fsp3) is 0.300. The van der Waals surface area contributed by atoms with Gasteiger partial charge >= 0.3 is 6.03 Å². The van der Waals surface area contributed by atoms with Crippen LogP contribution in [0.4, 0.5) is 16.2 Å². The number of benzene rings is 2. The van der Waals surface area contributed by atoms with E-state index >= 15 is 0 Å². The molecule has 1 saturated heterocycles. The maximum Gasteiger partial charge on any atom is 0.319 e. The Hall–Kier alpha value is -3.02. The van der Waals surface area contributed by atoms with Gasteiger partial charge in [0.2, 0.25) is 5.91 Å². The summed E-state index contributed by atoms with van der Waals surface area (Å²) in [5.74, 6) is 0.941. The lowest BCUT2D eigenvalue weighted by Crippen LogP contribution is -2.28. The average molecular weight is 353 g/mol. The van der Waals surface area contributed by atoms with Crippen LogP contribution in [-0.2, 0) is 11.3 Å². The summed E-state index contributed by atoms with van der Waals surface area (Å²) in [5, 5.41) is 5.65. The van der Waals surface area contributed by atoms with Crippen LogP contribution in [0, 0.1) is 6.92 Å². The number of amides is 3. The normalized spacial score (nSPS) is 13.6. The van der Waals surface area contributed by atoms with Gasteiger partial charge in [-0.15, -0.1) is 0 Å². The highest BCUT2D eigenvalue weighted by Crippen LogP contribution is 2.27. The van der Waals surface area contributed by atoms with Crippen molar-refractivity contribution >= 4 is 23.3 Å². The minimum Gasteiger partial charge on any atom is -0.497 e. The molecule has 6 nitrogen and oxygen atoms in total. The van der Waals surface area contributed by atoms with Gasteiger partial charge in [-0.1, -0.05) is 12.1 Å². The fourth-order valence-corrected chi connectivity index (χ4v) is 3.04. The largest absolute Gasteiger partial charge is 0.497 e. The van der Waals surface area contributed by atoms with Crippen LogP contribution < -0.4 is 20.3 Å². The molecular formula is C20H23N3O3. The zero-order valence-electron chi connectivity index (χ0n) is 15.0. The molecule has 26 heavy (non-hydrogen) atoms. The van der Waals surface area contributed by atoms with Gasteiger partial charge in [-0.2, -0.15) is 0 Å². The number of nitrogens with one attached hydrogen (secondary N) is 2. The van der Waals surface area contributed by atoms with Gasteiger partial charge in [-0.25, -0.2) is 4.79 Å². The highest BCUT2D eigenvalue weighted by molar-refractivity contribution is 5.96. The number of ether oxygens (including phenoxy) is 1. The summed E-state index contributed by atoms with van der Waals surface area (Å²) in [7, 11) is 1.62. The molecule has 1 aliphatic rings. The van der Waals surface area contributed by atoms with Crippen LogP contribution in [0.2, 0.25) is 0 Å². The Morgan fingerprint density at radius 1 is 1.19 bits per heavy atom. The van der Waals surface area contributed by atoms with Gasteiger partial charge < -0.3 is 20.3 Å². The van der Waals surface area contributed by atoms with Crippen LogP contribution >= 0.6 is 0 Å². The minimum absolute atomic E-state index is 0.158. The predicted octanol–water partition coefficient (Wildman–Crippen LogP) is 3.45. The number of carbonyl (C=O) groups excluding carboxylic acids is 2. The number of methoxy groups -OCH3 is 1. The molecule has 1 fully saturated rings. The van der Waals surface area contributed by atoms with Crippen LogP contribution in [0.5, 0.6) is 5.75 Å². The highest BCUT2D eigenvalue weighted by Gasteiger charge is 2.22. The average Bonchev–Trinajstić information content (AvgIpc) is 3.06. The van der Waals surface area contributed by atoms with E-state index in [1.165, 1.54) is 0 Å². The van der Waals surface area contributed by atoms with E-state index in [2.05, 4.69) is 10.6 Å². The first-order chi connectivity index (χ1) is 12.6. The summed E-state index contributed by atoms with van der Waals surface area (Å²) in [4.78, 5) is 25.8. The van der Waals surface area contributed by atoms with Crippen molar-refractivity contribution in [3.8, 4) is 5.75 Å². The van der Waals surface area contributed by atoms with Crippen molar-refractivity contribution in [2.45, 2.75) is 26.3 Å². The Bertz CT molecular complexity index is 802. The molecule has 136 valence electrons. The highest BCUT2D eigenvalue weighted by atomic mass is 16.5. The topological polar surface area (TPSA) is 70.7 Å². The second-order valence-electron chi connectivity index (χ2n) is 6.31. The Morgan fingerprint density at radius 3 is 2.58 bits per heavy atom. The van der Waals surface area contributed by atoms with Gasteiger partial charge in [-0.3, -0.25) is 4.79 Å². The third kappa shape index (κ3) is 4.14. The van der Waals surface area contributed by atoms with E-state index < -0.39 is 0 Å². The maximum atomic E-state index is 12.1. The van der Waals surface area contributed by atoms with Crippen molar-refractivity contribution < 1.29 is 14.3 Å². The number of aryl methyl sites for hydroxylation is 1. The number of carbonyl (C=O) groups is 2. The van der Waals surface area contributed by atoms with Crippen molar-refractivity contribution in [2.75, 3.05) is 23.9 Å². The summed E-state index contributed by atoms with van der Waals surface area (Å²) in [6.45, 7) is 3.13. The van der Waals surface area contributed by atoms with Gasteiger partial charge in [0.25, 0.3) is 0 Å². The molecule has 2 N–H and O–H groups in total. The molecule has 0 aliphatic carbocycles. The third-order valence-corrected chi connectivity index (χ3v) is 4.43. The predicted molar refractivity (Wildman–Crippen MR) is 102 cm³/mol. The van der Waals surface area contributed by atoms with Gasteiger partial charge in [-0.05, 0) is 54.8 Å². The van der Waals surface area contributed by atoms with Crippen molar-refractivity contribution in [3.05, 3.63) is 53.6 Å². The van der Waals surface area contributed by atoms with Crippen molar-refractivity contribution in [1.82, 2.24) is 5.32 Å². The SMILES string of the molecule is COc1ccc(CNC(=O)Nc2ccc(N3CCCC3=O)c(C)c2)cc1. The van der Waals surface area contributed by atoms with E-state index in [0.29, 0.717) is 18.7 Å². The molecule has 0 spiro atoms. The van der Waals surface area contributed by atoms with Crippen LogP contribution in [0.15, 0.2) is 42.5 Å². The number of anilines is 2. The molecule has 0 unspecified atom stereocenters. The summed E-state index contributed by atoms with van der Waals surface area (Å²) in [5.41, 5.74) is 3.56. The van der Waals surface area contributed by atoms with Crippen molar-refractivity contribution in [2.24, 2.45) is 0 Å².